The van der Waals surface area contributed by atoms with Crippen LogP contribution >= 0.6 is 0 Å². The van der Waals surface area contributed by atoms with Crippen molar-refractivity contribution in [1.82, 2.24) is 0 Å². The molecule has 3 radical (unpaired) electrons. The van der Waals surface area contributed by atoms with E-state index in [1.807, 2.05) is 0 Å². The molecule has 0 aliphatic carbocycles. The van der Waals surface area contributed by atoms with Crippen LogP contribution < -0.4 is 0 Å². The Morgan fingerprint density at radius 1 is 1.00 bits per heavy atom. The van der Waals surface area contributed by atoms with Crippen LogP contribution in [0.25, 0.3) is 0 Å². The predicted octanol–water partition coefficient (Wildman–Crippen LogP) is -0.0125. The van der Waals surface area contributed by atoms with Crippen molar-refractivity contribution < 1.29 is 105 Å². The van der Waals surface area contributed by atoms with Crippen LogP contribution in [0.1, 0.15) is 0 Å². The Morgan fingerprint density at radius 3 is 1.00 bits per heavy atom. The van der Waals surface area contributed by atoms with Crippen LogP contribution in [0.2, 0.25) is 0 Å². The predicted molar refractivity (Wildman–Crippen MR) is 0 cm³/mol. The van der Waals surface area contributed by atoms with Gasteiger partial charge in [-0.25, -0.2) is 0 Å². The van der Waals surface area contributed by atoms with Gasteiger partial charge in [0.05, 0.1) is 0 Å². The molecule has 0 aromatic heterocycles. The first-order valence-electron chi connectivity index (χ1n) is 0. The average molecular weight is 478 g/mol. The van der Waals surface area contributed by atoms with Crippen molar-refractivity contribution in [3.8, 4) is 0 Å². The van der Waals surface area contributed by atoms with Gasteiger partial charge in [-0.2, -0.15) is 0 Å². The summed E-state index contributed by atoms with van der Waals surface area (Å²) in [4.78, 5) is 0. The Morgan fingerprint density at radius 2 is 1.00 bits per heavy atom. The second-order valence-corrected chi connectivity index (χ2v) is 0. The van der Waals surface area contributed by atoms with Crippen LogP contribution in [0.4, 0.5) is 0 Å². The second kappa shape index (κ2) is 26.2. The van der Waals surface area contributed by atoms with Crippen LogP contribution in [0.3, 0.4) is 0 Å². The molecule has 0 unspecified atom stereocenters. The first-order chi connectivity index (χ1) is 0. The quantitative estimate of drug-likeness (QED) is 0.431. The van der Waals surface area contributed by atoms with Crippen molar-refractivity contribution in [3.05, 3.63) is 0 Å². The van der Waals surface area contributed by atoms with Gasteiger partial charge in [-0.1, -0.05) is 0 Å². The van der Waals surface area contributed by atoms with Gasteiger partial charge in [0.2, 0.25) is 0 Å². The summed E-state index contributed by atoms with van der Waals surface area (Å²) < 4.78 is 0. The van der Waals surface area contributed by atoms with Crippen LogP contribution in [0, 0.1) is 0 Å². The Kier molecular flexibility index (Phi) is 208. The van der Waals surface area contributed by atoms with Gasteiger partial charge in [-0.05, 0) is 0 Å². The molecule has 0 aliphatic heterocycles. The molecule has 0 amide bonds. The Bertz CT molecular complexity index is 11.6. The largest absolute Gasteiger partial charge is 0 e. The summed E-state index contributed by atoms with van der Waals surface area (Å²) in [6, 6.07) is 0. The molecule has 0 fully saturated rings. The van der Waals surface area contributed by atoms with E-state index in [0.717, 1.165) is 0 Å². The molecular formula is CoNbVWZr. The van der Waals surface area contributed by atoms with Crippen molar-refractivity contribution in [2.45, 2.75) is 0 Å². The molecule has 0 saturated heterocycles. The van der Waals surface area contributed by atoms with Crippen LogP contribution in [0.5, 0.6) is 0 Å². The number of rotatable bonds is 0. The summed E-state index contributed by atoms with van der Waals surface area (Å²) in [5, 5.41) is 0. The minimum absolute atomic E-state index is 0. The molecule has 0 heterocycles. The summed E-state index contributed by atoms with van der Waals surface area (Å²) >= 11 is 0. The van der Waals surface area contributed by atoms with E-state index in [1.54, 1.807) is 0 Å². The molecular weight excluding hydrogens is 478 g/mol. The molecule has 5 heteroatoms. The molecule has 0 spiro atoms. The molecule has 0 atom stereocenters. The standard InChI is InChI=1S/Co.Nb.V.W.Zr. The van der Waals surface area contributed by atoms with Crippen molar-refractivity contribution in [2.24, 2.45) is 0 Å². The molecule has 0 bridgehead atoms. The molecule has 0 saturated carbocycles. The number of hydrogen-bond acceptors (Lipinski definition) is 0. The number of hydrogen-bond donors (Lipinski definition) is 0. The molecule has 0 aliphatic rings. The fourth-order valence-electron chi connectivity index (χ4n) is 0. The van der Waals surface area contributed by atoms with E-state index in [1.165, 1.54) is 0 Å². The zero-order chi connectivity index (χ0) is 0. The third-order valence-corrected chi connectivity index (χ3v) is 0. The van der Waals surface area contributed by atoms with Crippen molar-refractivity contribution in [2.75, 3.05) is 0 Å². The van der Waals surface area contributed by atoms with Gasteiger partial charge in [0.25, 0.3) is 0 Å². The normalized spacial score (nSPS) is 0. The Hall–Kier alpha value is 3.40. The summed E-state index contributed by atoms with van der Waals surface area (Å²) in [6.45, 7) is 0. The molecule has 29 valence electrons. The van der Waals surface area contributed by atoms with E-state index in [9.17, 15) is 0 Å². The van der Waals surface area contributed by atoms with E-state index in [4.69, 9.17) is 0 Å². The maximum absolute atomic E-state index is 0. The van der Waals surface area contributed by atoms with E-state index < -0.39 is 0 Å². The fourth-order valence-corrected chi connectivity index (χ4v) is 0. The van der Waals surface area contributed by atoms with E-state index in [2.05, 4.69) is 0 Å². The minimum atomic E-state index is 0. The SMILES string of the molecule is [Co].[Nb].[V].[W].[Zr]. The van der Waals surface area contributed by atoms with Crippen molar-refractivity contribution in [1.29, 1.82) is 0 Å². The third kappa shape index (κ3) is 18.7. The molecule has 0 aromatic rings. The molecule has 0 N–H and O–H groups in total. The molecule has 0 rings (SSSR count). The van der Waals surface area contributed by atoms with Gasteiger partial charge < -0.3 is 0 Å². The molecule has 0 aromatic carbocycles. The monoisotopic (exact) mass is 477 g/mol. The van der Waals surface area contributed by atoms with E-state index in [-0.39, 0.29) is 105 Å². The van der Waals surface area contributed by atoms with Crippen molar-refractivity contribution in [3.63, 3.8) is 0 Å². The van der Waals surface area contributed by atoms with Gasteiger partial charge in [0.15, 0.2) is 0 Å². The van der Waals surface area contributed by atoms with Crippen LogP contribution in [-0.2, 0) is 105 Å². The first kappa shape index (κ1) is 39.8. The maximum Gasteiger partial charge on any atom is 0 e. The van der Waals surface area contributed by atoms with Gasteiger partial charge in [-0.3, -0.25) is 0 Å². The van der Waals surface area contributed by atoms with Crippen LogP contribution in [0.15, 0.2) is 0 Å². The van der Waals surface area contributed by atoms with E-state index >= 15 is 0 Å². The third-order valence-electron chi connectivity index (χ3n) is 0. The molecule has 5 heavy (non-hydrogen) atoms. The maximum atomic E-state index is 0. The Balaban J connectivity index is 0. The summed E-state index contributed by atoms with van der Waals surface area (Å²) in [5.41, 5.74) is 0. The fraction of sp³-hybridized carbons (Fsp3) is 0. The van der Waals surface area contributed by atoms with Gasteiger partial charge in [0.1, 0.15) is 0 Å². The van der Waals surface area contributed by atoms with Gasteiger partial charge in [-0.15, -0.1) is 0 Å². The molecule has 0 nitrogen and oxygen atoms in total. The first-order valence-corrected chi connectivity index (χ1v) is 0. The van der Waals surface area contributed by atoms with Gasteiger partial charge in [0, 0.05) is 105 Å². The van der Waals surface area contributed by atoms with E-state index in [0.29, 0.717) is 0 Å². The summed E-state index contributed by atoms with van der Waals surface area (Å²) in [6.07, 6.45) is 0. The topological polar surface area (TPSA) is 0 Å². The average Bonchev–Trinajstić information content (AvgIpc) is 0. The minimum Gasteiger partial charge on any atom is 0 e. The zero-order valence-corrected chi connectivity index (χ0v) is 12.2. The Labute approximate surface area is 103 Å². The summed E-state index contributed by atoms with van der Waals surface area (Å²) in [5.74, 6) is 0. The van der Waals surface area contributed by atoms with Crippen LogP contribution in [-0.4, -0.2) is 0 Å². The smallest absolute Gasteiger partial charge is 0 e. The second-order valence-electron chi connectivity index (χ2n) is 0. The van der Waals surface area contributed by atoms with Crippen molar-refractivity contribution >= 4 is 0 Å². The zero-order valence-electron chi connectivity index (χ0n) is 2.14. The van der Waals surface area contributed by atoms with Gasteiger partial charge >= 0.3 is 0 Å². The summed E-state index contributed by atoms with van der Waals surface area (Å²) in [7, 11) is 0.